The molecule has 0 radical (unpaired) electrons. The van der Waals surface area contributed by atoms with Crippen LogP contribution >= 0.6 is 0 Å². The predicted molar refractivity (Wildman–Crippen MR) is 82.9 cm³/mol. The van der Waals surface area contributed by atoms with E-state index in [0.717, 1.165) is 12.3 Å². The zero-order chi connectivity index (χ0) is 14.1. The summed E-state index contributed by atoms with van der Waals surface area (Å²) in [5, 5.41) is 0. The van der Waals surface area contributed by atoms with Gasteiger partial charge in [0.15, 0.2) is 0 Å². The van der Waals surface area contributed by atoms with Crippen LogP contribution in [0.2, 0.25) is 0 Å². The SMILES string of the molecule is CC1CCc2nc(CC3CCCCN3C(C)C)cn2C1. The number of imidazole rings is 1. The molecule has 0 saturated carbocycles. The summed E-state index contributed by atoms with van der Waals surface area (Å²) < 4.78 is 2.41. The third-order valence-corrected chi connectivity index (χ3v) is 5.06. The molecule has 0 N–H and O–H groups in total. The first-order valence-corrected chi connectivity index (χ1v) is 8.44. The number of fused-ring (bicyclic) bond motifs is 1. The molecular formula is C17H29N3. The second-order valence-electron chi connectivity index (χ2n) is 7.13. The number of likely N-dealkylation sites (tertiary alicyclic amines) is 1. The average molecular weight is 275 g/mol. The van der Waals surface area contributed by atoms with Crippen LogP contribution in [0.3, 0.4) is 0 Å². The van der Waals surface area contributed by atoms with Gasteiger partial charge in [-0.1, -0.05) is 13.3 Å². The smallest absolute Gasteiger partial charge is 0.108 e. The van der Waals surface area contributed by atoms with Crippen molar-refractivity contribution in [3.05, 3.63) is 17.7 Å². The van der Waals surface area contributed by atoms with Crippen molar-refractivity contribution in [3.63, 3.8) is 0 Å². The summed E-state index contributed by atoms with van der Waals surface area (Å²) >= 11 is 0. The minimum absolute atomic E-state index is 0.664. The Morgan fingerprint density at radius 2 is 2.15 bits per heavy atom. The summed E-state index contributed by atoms with van der Waals surface area (Å²) in [6, 6.07) is 1.37. The summed E-state index contributed by atoms with van der Waals surface area (Å²) in [6.07, 6.45) is 10.0. The van der Waals surface area contributed by atoms with Gasteiger partial charge >= 0.3 is 0 Å². The summed E-state index contributed by atoms with van der Waals surface area (Å²) in [6.45, 7) is 9.45. The van der Waals surface area contributed by atoms with Crippen LogP contribution in [0.4, 0.5) is 0 Å². The lowest BCUT2D eigenvalue weighted by Gasteiger charge is -2.38. The van der Waals surface area contributed by atoms with Crippen LogP contribution < -0.4 is 0 Å². The van der Waals surface area contributed by atoms with Crippen molar-refractivity contribution in [1.82, 2.24) is 14.5 Å². The highest BCUT2D eigenvalue weighted by Crippen LogP contribution is 2.24. The molecule has 0 amide bonds. The van der Waals surface area contributed by atoms with Crippen LogP contribution in [0.5, 0.6) is 0 Å². The van der Waals surface area contributed by atoms with Crippen molar-refractivity contribution in [2.45, 2.75) is 77.9 Å². The summed E-state index contributed by atoms with van der Waals surface area (Å²) in [4.78, 5) is 7.59. The van der Waals surface area contributed by atoms with E-state index in [1.54, 1.807) is 0 Å². The van der Waals surface area contributed by atoms with E-state index < -0.39 is 0 Å². The Morgan fingerprint density at radius 1 is 1.30 bits per heavy atom. The fourth-order valence-corrected chi connectivity index (χ4v) is 3.94. The molecule has 20 heavy (non-hydrogen) atoms. The number of aromatic nitrogens is 2. The Hall–Kier alpha value is -0.830. The van der Waals surface area contributed by atoms with Crippen LogP contribution in [0, 0.1) is 5.92 Å². The number of hydrogen-bond donors (Lipinski definition) is 0. The first-order valence-electron chi connectivity index (χ1n) is 8.44. The Morgan fingerprint density at radius 3 is 2.95 bits per heavy atom. The molecule has 2 aliphatic rings. The van der Waals surface area contributed by atoms with Gasteiger partial charge in [-0.2, -0.15) is 0 Å². The quantitative estimate of drug-likeness (QED) is 0.844. The molecule has 1 aromatic rings. The first-order chi connectivity index (χ1) is 9.63. The van der Waals surface area contributed by atoms with Gasteiger partial charge in [0.25, 0.3) is 0 Å². The van der Waals surface area contributed by atoms with Crippen molar-refractivity contribution in [2.75, 3.05) is 6.54 Å². The van der Waals surface area contributed by atoms with Crippen molar-refractivity contribution < 1.29 is 0 Å². The standard InChI is InChI=1S/C17H29N3/c1-13(2)20-9-5-4-6-16(20)10-15-12-19-11-14(3)7-8-17(19)18-15/h12-14,16H,4-11H2,1-3H3. The molecule has 1 saturated heterocycles. The van der Waals surface area contributed by atoms with Gasteiger partial charge in [0.2, 0.25) is 0 Å². The van der Waals surface area contributed by atoms with E-state index in [1.807, 2.05) is 0 Å². The zero-order valence-corrected chi connectivity index (χ0v) is 13.3. The molecule has 3 nitrogen and oxygen atoms in total. The van der Waals surface area contributed by atoms with Gasteiger partial charge in [0, 0.05) is 37.7 Å². The number of aryl methyl sites for hydroxylation is 1. The topological polar surface area (TPSA) is 21.1 Å². The minimum Gasteiger partial charge on any atom is -0.334 e. The normalized spacial score (nSPS) is 27.8. The lowest BCUT2D eigenvalue weighted by atomic mass is 9.97. The van der Waals surface area contributed by atoms with Gasteiger partial charge in [0.1, 0.15) is 5.82 Å². The summed E-state index contributed by atoms with van der Waals surface area (Å²) in [5.41, 5.74) is 1.33. The summed E-state index contributed by atoms with van der Waals surface area (Å²) in [7, 11) is 0. The van der Waals surface area contributed by atoms with Gasteiger partial charge in [-0.25, -0.2) is 4.98 Å². The fourth-order valence-electron chi connectivity index (χ4n) is 3.94. The van der Waals surface area contributed by atoms with Gasteiger partial charge in [-0.3, -0.25) is 4.90 Å². The van der Waals surface area contributed by atoms with Crippen LogP contribution in [0.25, 0.3) is 0 Å². The highest BCUT2D eigenvalue weighted by atomic mass is 15.2. The van der Waals surface area contributed by atoms with E-state index in [9.17, 15) is 0 Å². The van der Waals surface area contributed by atoms with E-state index in [-0.39, 0.29) is 0 Å². The number of hydrogen-bond acceptors (Lipinski definition) is 2. The highest BCUT2D eigenvalue weighted by molar-refractivity contribution is 5.09. The van der Waals surface area contributed by atoms with Crippen molar-refractivity contribution in [3.8, 4) is 0 Å². The Balaban J connectivity index is 1.70. The minimum atomic E-state index is 0.664. The maximum absolute atomic E-state index is 4.91. The van der Waals surface area contributed by atoms with E-state index in [1.165, 1.54) is 56.7 Å². The average Bonchev–Trinajstić information content (AvgIpc) is 2.80. The van der Waals surface area contributed by atoms with E-state index >= 15 is 0 Å². The van der Waals surface area contributed by atoms with E-state index in [0.29, 0.717) is 12.1 Å². The largest absolute Gasteiger partial charge is 0.334 e. The highest BCUT2D eigenvalue weighted by Gasteiger charge is 2.26. The molecule has 1 fully saturated rings. The third kappa shape index (κ3) is 2.93. The molecule has 0 bridgehead atoms. The summed E-state index contributed by atoms with van der Waals surface area (Å²) in [5.74, 6) is 2.14. The van der Waals surface area contributed by atoms with Crippen LogP contribution in [0.15, 0.2) is 6.20 Å². The first kappa shape index (κ1) is 14.1. The molecule has 0 aromatic carbocycles. The Bertz CT molecular complexity index is 449. The lowest BCUT2D eigenvalue weighted by Crippen LogP contribution is -2.45. The number of piperidine rings is 1. The molecule has 0 spiro atoms. The van der Waals surface area contributed by atoms with Gasteiger partial charge in [-0.05, 0) is 45.6 Å². The van der Waals surface area contributed by atoms with Crippen LogP contribution in [-0.4, -0.2) is 33.1 Å². The van der Waals surface area contributed by atoms with E-state index in [4.69, 9.17) is 4.98 Å². The van der Waals surface area contributed by atoms with Crippen LogP contribution in [0.1, 0.15) is 58.0 Å². The molecule has 3 heteroatoms. The van der Waals surface area contributed by atoms with E-state index in [2.05, 4.69) is 36.4 Å². The second-order valence-corrected chi connectivity index (χ2v) is 7.13. The van der Waals surface area contributed by atoms with Gasteiger partial charge < -0.3 is 4.57 Å². The molecule has 2 unspecified atom stereocenters. The maximum atomic E-state index is 4.91. The third-order valence-electron chi connectivity index (χ3n) is 5.06. The molecular weight excluding hydrogens is 246 g/mol. The number of nitrogens with zero attached hydrogens (tertiary/aromatic N) is 3. The lowest BCUT2D eigenvalue weighted by molar-refractivity contribution is 0.111. The molecule has 1 aromatic heterocycles. The molecule has 3 heterocycles. The van der Waals surface area contributed by atoms with Crippen molar-refractivity contribution >= 4 is 0 Å². The molecule has 2 atom stereocenters. The second kappa shape index (κ2) is 5.88. The predicted octanol–water partition coefficient (Wildman–Crippen LogP) is 3.27. The molecule has 0 aliphatic carbocycles. The number of rotatable bonds is 3. The monoisotopic (exact) mass is 275 g/mol. The van der Waals surface area contributed by atoms with Crippen molar-refractivity contribution in [2.24, 2.45) is 5.92 Å². The zero-order valence-electron chi connectivity index (χ0n) is 13.3. The van der Waals surface area contributed by atoms with Crippen molar-refractivity contribution in [1.29, 1.82) is 0 Å². The Labute approximate surface area is 123 Å². The molecule has 112 valence electrons. The van der Waals surface area contributed by atoms with Gasteiger partial charge in [-0.15, -0.1) is 0 Å². The van der Waals surface area contributed by atoms with Gasteiger partial charge in [0.05, 0.1) is 5.69 Å². The Kier molecular flexibility index (Phi) is 4.16. The molecule has 3 rings (SSSR count). The van der Waals surface area contributed by atoms with Crippen LogP contribution in [-0.2, 0) is 19.4 Å². The molecule has 2 aliphatic heterocycles. The fraction of sp³-hybridized carbons (Fsp3) is 0.824. The maximum Gasteiger partial charge on any atom is 0.108 e.